The van der Waals surface area contributed by atoms with E-state index in [1.807, 2.05) is 6.92 Å². The fourth-order valence-electron chi connectivity index (χ4n) is 2.76. The molecular weight excluding hydrogens is 226 g/mol. The molecular formula is C14H19N3O. The minimum absolute atomic E-state index is 0.103. The van der Waals surface area contributed by atoms with Crippen LogP contribution in [0.2, 0.25) is 0 Å². The van der Waals surface area contributed by atoms with E-state index in [4.69, 9.17) is 5.26 Å². The van der Waals surface area contributed by atoms with Gasteiger partial charge >= 0.3 is 0 Å². The Bertz CT molecular complexity index is 415. The van der Waals surface area contributed by atoms with Gasteiger partial charge in [-0.2, -0.15) is 5.26 Å². The lowest BCUT2D eigenvalue weighted by Gasteiger charge is -2.23. The van der Waals surface area contributed by atoms with E-state index in [1.54, 1.807) is 4.90 Å². The van der Waals surface area contributed by atoms with E-state index in [0.717, 1.165) is 38.8 Å². The van der Waals surface area contributed by atoms with Crippen LogP contribution < -0.4 is 5.32 Å². The number of hydrogen-bond donors (Lipinski definition) is 1. The van der Waals surface area contributed by atoms with Crippen molar-refractivity contribution in [1.29, 1.82) is 5.26 Å². The monoisotopic (exact) mass is 245 g/mol. The molecule has 96 valence electrons. The largest absolute Gasteiger partial charge is 0.325 e. The molecule has 0 spiro atoms. The molecule has 2 fully saturated rings. The lowest BCUT2D eigenvalue weighted by molar-refractivity contribution is -0.133. The normalized spacial score (nSPS) is 30.7. The topological polar surface area (TPSA) is 56.1 Å². The van der Waals surface area contributed by atoms with Gasteiger partial charge in [0.05, 0.1) is 12.1 Å². The summed E-state index contributed by atoms with van der Waals surface area (Å²) in [5, 5.41) is 12.3. The van der Waals surface area contributed by atoms with Crippen molar-refractivity contribution in [2.24, 2.45) is 5.92 Å². The highest BCUT2D eigenvalue weighted by atomic mass is 16.2. The summed E-state index contributed by atoms with van der Waals surface area (Å²) in [4.78, 5) is 14.1. The average molecular weight is 245 g/mol. The van der Waals surface area contributed by atoms with Gasteiger partial charge in [0.25, 0.3) is 0 Å². The molecule has 0 saturated carbocycles. The summed E-state index contributed by atoms with van der Waals surface area (Å²) in [6.45, 7) is 3.43. The minimum atomic E-state index is -0.214. The first-order valence-corrected chi connectivity index (χ1v) is 6.59. The van der Waals surface area contributed by atoms with E-state index >= 15 is 0 Å². The van der Waals surface area contributed by atoms with Crippen LogP contribution in [0.4, 0.5) is 0 Å². The molecule has 2 saturated heterocycles. The van der Waals surface area contributed by atoms with Crippen LogP contribution in [0.3, 0.4) is 0 Å². The van der Waals surface area contributed by atoms with E-state index < -0.39 is 0 Å². The van der Waals surface area contributed by atoms with Gasteiger partial charge in [0.2, 0.25) is 5.91 Å². The maximum atomic E-state index is 12.3. The van der Waals surface area contributed by atoms with Gasteiger partial charge in [0, 0.05) is 13.0 Å². The van der Waals surface area contributed by atoms with Crippen LogP contribution in [-0.4, -0.2) is 36.0 Å². The Kier molecular flexibility index (Phi) is 4.23. The third-order valence-corrected chi connectivity index (χ3v) is 3.77. The van der Waals surface area contributed by atoms with Crippen LogP contribution in [0.25, 0.3) is 0 Å². The molecule has 2 aliphatic heterocycles. The predicted molar refractivity (Wildman–Crippen MR) is 68.3 cm³/mol. The maximum Gasteiger partial charge on any atom is 0.240 e. The first-order chi connectivity index (χ1) is 8.76. The number of amides is 1. The number of carbonyl (C=O) groups is 1. The average Bonchev–Trinajstić information content (AvgIpc) is 3.04. The summed E-state index contributed by atoms with van der Waals surface area (Å²) in [6.07, 6.45) is 3.47. The minimum Gasteiger partial charge on any atom is -0.325 e. The summed E-state index contributed by atoms with van der Waals surface area (Å²) in [5.41, 5.74) is 0. The highest BCUT2D eigenvalue weighted by Gasteiger charge is 2.36. The van der Waals surface area contributed by atoms with Crippen LogP contribution in [0.15, 0.2) is 0 Å². The zero-order chi connectivity index (χ0) is 13.0. The van der Waals surface area contributed by atoms with E-state index in [0.29, 0.717) is 5.92 Å². The quantitative estimate of drug-likeness (QED) is 0.735. The second-order valence-electron chi connectivity index (χ2n) is 5.01. The smallest absolute Gasteiger partial charge is 0.240 e. The molecule has 0 bridgehead atoms. The van der Waals surface area contributed by atoms with Gasteiger partial charge in [-0.05, 0) is 38.6 Å². The number of nitrogens with zero attached hydrogens (tertiary/aromatic N) is 2. The number of rotatable bonds is 2. The first-order valence-electron chi connectivity index (χ1n) is 6.59. The Morgan fingerprint density at radius 3 is 3.11 bits per heavy atom. The predicted octanol–water partition coefficient (Wildman–Crippen LogP) is 0.892. The van der Waals surface area contributed by atoms with E-state index in [-0.39, 0.29) is 18.0 Å². The molecule has 0 aromatic heterocycles. The van der Waals surface area contributed by atoms with Crippen molar-refractivity contribution >= 4 is 5.91 Å². The fraction of sp³-hybridized carbons (Fsp3) is 0.714. The van der Waals surface area contributed by atoms with E-state index in [9.17, 15) is 4.79 Å². The second-order valence-corrected chi connectivity index (χ2v) is 5.01. The highest BCUT2D eigenvalue weighted by Crippen LogP contribution is 2.23. The Labute approximate surface area is 108 Å². The molecule has 0 radical (unpaired) electrons. The molecule has 3 atom stereocenters. The highest BCUT2D eigenvalue weighted by molar-refractivity contribution is 5.83. The molecule has 18 heavy (non-hydrogen) atoms. The molecule has 2 heterocycles. The standard InChI is InChI=1S/C14H19N3O/c1-2-3-5-11-8-13(16-10-11)14(18)17-7-4-6-12(17)9-15/h11-13,16H,4-8,10H2,1H3/t11-,12-,13-/m0/s1. The molecule has 0 unspecified atom stereocenters. The maximum absolute atomic E-state index is 12.3. The Hall–Kier alpha value is -1.52. The summed E-state index contributed by atoms with van der Waals surface area (Å²) in [7, 11) is 0. The summed E-state index contributed by atoms with van der Waals surface area (Å²) >= 11 is 0. The fourth-order valence-corrected chi connectivity index (χ4v) is 2.76. The second kappa shape index (κ2) is 5.89. The lowest BCUT2D eigenvalue weighted by atomic mass is 10.0. The van der Waals surface area contributed by atoms with Gasteiger partial charge in [-0.3, -0.25) is 4.79 Å². The molecule has 2 rings (SSSR count). The van der Waals surface area contributed by atoms with Crippen LogP contribution >= 0.6 is 0 Å². The molecule has 0 aromatic rings. The van der Waals surface area contributed by atoms with Gasteiger partial charge in [-0.1, -0.05) is 0 Å². The number of nitriles is 1. The third kappa shape index (κ3) is 2.66. The van der Waals surface area contributed by atoms with Gasteiger partial charge < -0.3 is 10.2 Å². The summed E-state index contributed by atoms with van der Waals surface area (Å²) in [5.74, 6) is 6.54. The molecule has 0 aromatic carbocycles. The van der Waals surface area contributed by atoms with Crippen molar-refractivity contribution in [3.8, 4) is 17.9 Å². The Morgan fingerprint density at radius 1 is 1.56 bits per heavy atom. The molecule has 2 aliphatic rings. The molecule has 0 aliphatic carbocycles. The molecule has 4 heteroatoms. The zero-order valence-corrected chi connectivity index (χ0v) is 10.8. The SMILES string of the molecule is CC#CC[C@@H]1CN[C@H](C(=O)N2CCC[C@H]2C#N)C1. The summed E-state index contributed by atoms with van der Waals surface area (Å²) in [6, 6.07) is 1.90. The van der Waals surface area contributed by atoms with Gasteiger partial charge in [0.1, 0.15) is 6.04 Å². The van der Waals surface area contributed by atoms with Crippen LogP contribution in [-0.2, 0) is 4.79 Å². The van der Waals surface area contributed by atoms with E-state index in [2.05, 4.69) is 23.2 Å². The summed E-state index contributed by atoms with van der Waals surface area (Å²) < 4.78 is 0. The van der Waals surface area contributed by atoms with Gasteiger partial charge in [-0.15, -0.1) is 11.8 Å². The molecule has 1 N–H and O–H groups in total. The lowest BCUT2D eigenvalue weighted by Crippen LogP contribution is -2.45. The number of likely N-dealkylation sites (tertiary alicyclic amines) is 1. The van der Waals surface area contributed by atoms with Crippen molar-refractivity contribution in [1.82, 2.24) is 10.2 Å². The van der Waals surface area contributed by atoms with Gasteiger partial charge in [-0.25, -0.2) is 0 Å². The Morgan fingerprint density at radius 2 is 2.39 bits per heavy atom. The van der Waals surface area contributed by atoms with Crippen LogP contribution in [0.5, 0.6) is 0 Å². The van der Waals surface area contributed by atoms with Crippen molar-refractivity contribution in [2.45, 2.75) is 44.7 Å². The molecule has 4 nitrogen and oxygen atoms in total. The van der Waals surface area contributed by atoms with Crippen molar-refractivity contribution < 1.29 is 4.79 Å². The molecule has 1 amide bonds. The van der Waals surface area contributed by atoms with Crippen LogP contribution in [0, 0.1) is 29.1 Å². The van der Waals surface area contributed by atoms with Crippen molar-refractivity contribution in [3.05, 3.63) is 0 Å². The number of carbonyl (C=O) groups excluding carboxylic acids is 1. The van der Waals surface area contributed by atoms with Crippen molar-refractivity contribution in [2.75, 3.05) is 13.1 Å². The van der Waals surface area contributed by atoms with Crippen molar-refractivity contribution in [3.63, 3.8) is 0 Å². The van der Waals surface area contributed by atoms with Gasteiger partial charge in [0.15, 0.2) is 0 Å². The Balaban J connectivity index is 1.90. The first kappa shape index (κ1) is 12.9. The zero-order valence-electron chi connectivity index (χ0n) is 10.8. The third-order valence-electron chi connectivity index (χ3n) is 3.77. The van der Waals surface area contributed by atoms with Crippen LogP contribution in [0.1, 0.15) is 32.6 Å². The number of hydrogen-bond acceptors (Lipinski definition) is 3. The van der Waals surface area contributed by atoms with E-state index in [1.165, 1.54) is 0 Å². The number of nitrogens with one attached hydrogen (secondary N) is 1.